The molecule has 154 valence electrons. The molecule has 7 heteroatoms. The number of alkyl halides is 1. The largest absolute Gasteiger partial charge is 0.449 e. The van der Waals surface area contributed by atoms with Crippen LogP contribution in [0.2, 0.25) is 0 Å². The molecule has 1 saturated carbocycles. The lowest BCUT2D eigenvalue weighted by atomic mass is 9.89. The molecular weight excluding hydrogens is 361 g/mol. The number of amides is 2. The van der Waals surface area contributed by atoms with Crippen LogP contribution >= 0.6 is 0 Å². The van der Waals surface area contributed by atoms with Crippen LogP contribution in [0.5, 0.6) is 0 Å². The van der Waals surface area contributed by atoms with E-state index in [1.165, 1.54) is 4.90 Å². The van der Waals surface area contributed by atoms with E-state index in [-0.39, 0.29) is 18.4 Å². The summed E-state index contributed by atoms with van der Waals surface area (Å²) in [6, 6.07) is 0. The Kier molecular flexibility index (Phi) is 5.82. The molecule has 1 N–H and O–H groups in total. The highest BCUT2D eigenvalue weighted by molar-refractivity contribution is 5.86. The smallest absolute Gasteiger partial charge is 0.417 e. The standard InChI is InChI=1S/C21H30FN3O3/c1-4-28-19(27)25-12-5-6-17(9-13-25)24-14-10-21(22,11-15-24)18(26)23-20(2,3)16-7-8-16/h5-6,9,12-13,16H,4,7-8,10-11,14-15H2,1-3H3,(H,23,26). The summed E-state index contributed by atoms with van der Waals surface area (Å²) in [5.41, 5.74) is -1.30. The number of hydrogen-bond acceptors (Lipinski definition) is 4. The van der Waals surface area contributed by atoms with Crippen molar-refractivity contribution in [1.82, 2.24) is 15.1 Å². The Balaban J connectivity index is 1.57. The second-order valence-corrected chi connectivity index (χ2v) is 8.26. The summed E-state index contributed by atoms with van der Waals surface area (Å²) >= 11 is 0. The van der Waals surface area contributed by atoms with E-state index in [1.807, 2.05) is 24.8 Å². The lowest BCUT2D eigenvalue weighted by molar-refractivity contribution is -0.137. The van der Waals surface area contributed by atoms with Crippen LogP contribution in [0, 0.1) is 5.92 Å². The monoisotopic (exact) mass is 391 g/mol. The molecule has 0 aromatic rings. The number of rotatable bonds is 5. The molecule has 0 aromatic carbocycles. The van der Waals surface area contributed by atoms with E-state index >= 15 is 4.39 Å². The van der Waals surface area contributed by atoms with E-state index in [0.29, 0.717) is 25.6 Å². The maximum Gasteiger partial charge on any atom is 0.417 e. The second-order valence-electron chi connectivity index (χ2n) is 8.26. The fourth-order valence-electron chi connectivity index (χ4n) is 3.68. The van der Waals surface area contributed by atoms with Crippen molar-refractivity contribution in [2.75, 3.05) is 19.7 Å². The van der Waals surface area contributed by atoms with Gasteiger partial charge in [0.15, 0.2) is 5.67 Å². The molecule has 2 heterocycles. The molecule has 0 unspecified atom stereocenters. The zero-order valence-electron chi connectivity index (χ0n) is 16.9. The average Bonchev–Trinajstić information content (AvgIpc) is 3.49. The lowest BCUT2D eigenvalue weighted by Gasteiger charge is -2.39. The number of carbonyl (C=O) groups is 2. The third kappa shape index (κ3) is 4.56. The quantitative estimate of drug-likeness (QED) is 0.779. The van der Waals surface area contributed by atoms with Gasteiger partial charge in [-0.2, -0.15) is 0 Å². The molecule has 0 radical (unpaired) electrons. The van der Waals surface area contributed by atoms with Crippen LogP contribution in [0.15, 0.2) is 36.3 Å². The van der Waals surface area contributed by atoms with E-state index in [1.54, 1.807) is 31.5 Å². The SMILES string of the molecule is CCOC(=O)N1C=CC=C(N2CCC(F)(C(=O)NC(C)(C)C3CC3)CC2)C=C1. The summed E-state index contributed by atoms with van der Waals surface area (Å²) in [6.45, 7) is 6.90. The zero-order valence-corrected chi connectivity index (χ0v) is 16.9. The number of nitrogens with zero attached hydrogens (tertiary/aromatic N) is 2. The highest BCUT2D eigenvalue weighted by Gasteiger charge is 2.46. The normalized spacial score (nSPS) is 21.8. The van der Waals surface area contributed by atoms with Crippen LogP contribution in [0.1, 0.15) is 46.5 Å². The predicted octanol–water partition coefficient (Wildman–Crippen LogP) is 3.48. The summed E-state index contributed by atoms with van der Waals surface area (Å²) in [5, 5.41) is 2.93. The van der Waals surface area contributed by atoms with Crippen LogP contribution in [0.3, 0.4) is 0 Å². The van der Waals surface area contributed by atoms with Gasteiger partial charge in [-0.3, -0.25) is 9.69 Å². The van der Waals surface area contributed by atoms with Crippen molar-refractivity contribution >= 4 is 12.0 Å². The molecule has 28 heavy (non-hydrogen) atoms. The number of nitrogens with one attached hydrogen (secondary N) is 1. The summed E-state index contributed by atoms with van der Waals surface area (Å²) in [5.74, 6) is -0.0293. The molecule has 2 amide bonds. The molecule has 1 saturated heterocycles. The average molecular weight is 391 g/mol. The Morgan fingerprint density at radius 3 is 2.57 bits per heavy atom. The van der Waals surface area contributed by atoms with Gasteiger partial charge in [0, 0.05) is 49.6 Å². The molecule has 0 aromatic heterocycles. The van der Waals surface area contributed by atoms with Gasteiger partial charge in [0.1, 0.15) is 0 Å². The van der Waals surface area contributed by atoms with E-state index in [0.717, 1.165) is 18.5 Å². The van der Waals surface area contributed by atoms with E-state index < -0.39 is 17.7 Å². The number of carbonyl (C=O) groups excluding carboxylic acids is 2. The maximum atomic E-state index is 15.3. The fraction of sp³-hybridized carbons (Fsp3) is 0.619. The van der Waals surface area contributed by atoms with Crippen molar-refractivity contribution in [3.8, 4) is 0 Å². The Morgan fingerprint density at radius 1 is 1.29 bits per heavy atom. The minimum Gasteiger partial charge on any atom is -0.449 e. The van der Waals surface area contributed by atoms with Crippen LogP contribution in [0.25, 0.3) is 0 Å². The number of likely N-dealkylation sites (tertiary alicyclic amines) is 1. The molecule has 3 aliphatic rings. The van der Waals surface area contributed by atoms with Crippen LogP contribution in [-0.4, -0.2) is 52.7 Å². The second kappa shape index (κ2) is 7.97. The molecule has 2 fully saturated rings. The van der Waals surface area contributed by atoms with Crippen molar-refractivity contribution in [2.45, 2.75) is 57.7 Å². The Bertz CT molecular complexity index is 702. The topological polar surface area (TPSA) is 61.9 Å². The first-order valence-electron chi connectivity index (χ1n) is 10.0. The fourth-order valence-corrected chi connectivity index (χ4v) is 3.68. The van der Waals surface area contributed by atoms with Gasteiger partial charge in [-0.25, -0.2) is 9.18 Å². The molecular formula is C21H30FN3O3. The van der Waals surface area contributed by atoms with Gasteiger partial charge < -0.3 is 15.0 Å². The Labute approximate surface area is 166 Å². The first-order valence-corrected chi connectivity index (χ1v) is 10.0. The number of ether oxygens (including phenoxy) is 1. The number of allylic oxidation sites excluding steroid dienone is 3. The first kappa shape index (κ1) is 20.4. The highest BCUT2D eigenvalue weighted by atomic mass is 19.1. The summed E-state index contributed by atoms with van der Waals surface area (Å²) in [7, 11) is 0. The third-order valence-corrected chi connectivity index (χ3v) is 5.76. The summed E-state index contributed by atoms with van der Waals surface area (Å²) in [4.78, 5) is 27.8. The van der Waals surface area contributed by atoms with Crippen LogP contribution < -0.4 is 5.32 Å². The van der Waals surface area contributed by atoms with Gasteiger partial charge in [-0.1, -0.05) is 0 Å². The van der Waals surface area contributed by atoms with Crippen LogP contribution in [0.4, 0.5) is 9.18 Å². The summed E-state index contributed by atoms with van der Waals surface area (Å²) < 4.78 is 20.3. The van der Waals surface area contributed by atoms with Crippen molar-refractivity contribution in [3.05, 3.63) is 36.3 Å². The lowest BCUT2D eigenvalue weighted by Crippen LogP contribution is -2.56. The van der Waals surface area contributed by atoms with Crippen molar-refractivity contribution < 1.29 is 18.7 Å². The molecule has 2 aliphatic heterocycles. The third-order valence-electron chi connectivity index (χ3n) is 5.76. The molecule has 6 nitrogen and oxygen atoms in total. The Morgan fingerprint density at radius 2 is 1.96 bits per heavy atom. The molecule has 0 atom stereocenters. The maximum absolute atomic E-state index is 15.3. The zero-order chi connectivity index (χ0) is 20.4. The van der Waals surface area contributed by atoms with Crippen molar-refractivity contribution in [2.24, 2.45) is 5.92 Å². The summed E-state index contributed by atoms with van der Waals surface area (Å²) in [6.07, 6.45) is 10.7. The van der Waals surface area contributed by atoms with E-state index in [2.05, 4.69) is 5.32 Å². The van der Waals surface area contributed by atoms with Gasteiger partial charge in [0.25, 0.3) is 5.91 Å². The Hall–Kier alpha value is -2.31. The highest BCUT2D eigenvalue weighted by Crippen LogP contribution is 2.40. The van der Waals surface area contributed by atoms with Gasteiger partial charge >= 0.3 is 6.09 Å². The minimum atomic E-state index is -1.83. The van der Waals surface area contributed by atoms with Crippen molar-refractivity contribution in [3.63, 3.8) is 0 Å². The van der Waals surface area contributed by atoms with E-state index in [9.17, 15) is 9.59 Å². The molecule has 0 bridgehead atoms. The van der Waals surface area contributed by atoms with Gasteiger partial charge in [0.05, 0.1) is 6.61 Å². The number of halogens is 1. The molecule has 3 rings (SSSR count). The predicted molar refractivity (Wildman–Crippen MR) is 105 cm³/mol. The van der Waals surface area contributed by atoms with Gasteiger partial charge in [-0.15, -0.1) is 0 Å². The number of hydrogen-bond donors (Lipinski definition) is 1. The van der Waals surface area contributed by atoms with Gasteiger partial charge in [0.2, 0.25) is 0 Å². The van der Waals surface area contributed by atoms with Gasteiger partial charge in [-0.05, 0) is 57.8 Å². The molecule has 1 aliphatic carbocycles. The molecule has 0 spiro atoms. The van der Waals surface area contributed by atoms with E-state index in [4.69, 9.17) is 4.74 Å². The number of piperidine rings is 1. The van der Waals surface area contributed by atoms with Crippen LogP contribution in [-0.2, 0) is 9.53 Å². The minimum absolute atomic E-state index is 0.149. The first-order chi connectivity index (χ1) is 13.2. The van der Waals surface area contributed by atoms with Crippen molar-refractivity contribution in [1.29, 1.82) is 0 Å².